The lowest BCUT2D eigenvalue weighted by Crippen LogP contribution is -2.44. The van der Waals surface area contributed by atoms with Crippen molar-refractivity contribution in [2.45, 2.75) is 39.5 Å². The molecule has 0 saturated heterocycles. The van der Waals surface area contributed by atoms with Crippen LogP contribution >= 0.6 is 0 Å². The van der Waals surface area contributed by atoms with Crippen LogP contribution < -0.4 is 10.1 Å². The molecule has 37 heavy (non-hydrogen) atoms. The molecule has 0 unspecified atom stereocenters. The van der Waals surface area contributed by atoms with E-state index in [0.717, 1.165) is 5.56 Å². The lowest BCUT2D eigenvalue weighted by Gasteiger charge is -2.32. The van der Waals surface area contributed by atoms with Gasteiger partial charge in [-0.05, 0) is 50.6 Å². The molecule has 0 bridgehead atoms. The van der Waals surface area contributed by atoms with Gasteiger partial charge in [0.05, 0.1) is 34.9 Å². The maximum atomic E-state index is 11.6. The fourth-order valence-electron chi connectivity index (χ4n) is 3.72. The Labute approximate surface area is 212 Å². The maximum absolute atomic E-state index is 11.6. The zero-order valence-corrected chi connectivity index (χ0v) is 20.6. The monoisotopic (exact) mass is 502 g/mol. The summed E-state index contributed by atoms with van der Waals surface area (Å²) in [5.41, 5.74) is 0.803. The molecule has 2 aromatic carbocycles. The van der Waals surface area contributed by atoms with Crippen LogP contribution in [-0.4, -0.2) is 41.5 Å². The molecule has 11 heteroatoms. The fraction of sp³-hybridized carbons (Fsp3) is 0.231. The van der Waals surface area contributed by atoms with E-state index in [9.17, 15) is 20.0 Å². The molecule has 2 heterocycles. The van der Waals surface area contributed by atoms with Gasteiger partial charge in [-0.2, -0.15) is 0 Å². The number of pyridine rings is 1. The summed E-state index contributed by atoms with van der Waals surface area (Å²) in [5, 5.41) is 25.1. The first-order chi connectivity index (χ1) is 17.6. The second-order valence-corrected chi connectivity index (χ2v) is 9.28. The topological polar surface area (TPSA) is 144 Å². The molecule has 0 spiro atoms. The predicted octanol–water partition coefficient (Wildman–Crippen LogP) is 5.53. The van der Waals surface area contributed by atoms with Gasteiger partial charge in [-0.15, -0.1) is 0 Å². The molecular formula is C26H26N6O5. The number of hydrogen-bond donors (Lipinski definition) is 2. The summed E-state index contributed by atoms with van der Waals surface area (Å²) in [6.45, 7) is 5.79. The molecule has 190 valence electrons. The predicted molar refractivity (Wildman–Crippen MR) is 138 cm³/mol. The van der Waals surface area contributed by atoms with Crippen molar-refractivity contribution in [2.75, 3.05) is 5.32 Å². The minimum absolute atomic E-state index is 0.0274. The quantitative estimate of drug-likeness (QED) is 0.234. The summed E-state index contributed by atoms with van der Waals surface area (Å²) in [6, 6.07) is 13.7. The molecule has 2 aromatic heterocycles. The van der Waals surface area contributed by atoms with Crippen molar-refractivity contribution in [1.82, 2.24) is 19.9 Å². The minimum Gasteiger partial charge on any atom is -0.488 e. The van der Waals surface area contributed by atoms with Crippen LogP contribution in [0.1, 0.15) is 32.0 Å². The largest absolute Gasteiger partial charge is 0.488 e. The highest BCUT2D eigenvalue weighted by Crippen LogP contribution is 2.33. The Morgan fingerprint density at radius 2 is 1.81 bits per heavy atom. The zero-order chi connectivity index (χ0) is 26.6. The third-order valence-corrected chi connectivity index (χ3v) is 5.60. The fourth-order valence-corrected chi connectivity index (χ4v) is 3.72. The Morgan fingerprint density at radius 3 is 2.46 bits per heavy atom. The number of aromatic nitrogens is 3. The number of nitro groups is 1. The highest BCUT2D eigenvalue weighted by Gasteiger charge is 2.26. The molecule has 0 atom stereocenters. The van der Waals surface area contributed by atoms with E-state index in [4.69, 9.17) is 4.74 Å². The molecule has 1 amide bonds. The normalized spacial score (nSPS) is 11.2. The Balaban J connectivity index is 1.44. The second kappa shape index (κ2) is 10.4. The van der Waals surface area contributed by atoms with Crippen molar-refractivity contribution >= 4 is 34.2 Å². The molecule has 0 aliphatic heterocycles. The van der Waals surface area contributed by atoms with E-state index in [1.165, 1.54) is 23.4 Å². The average Bonchev–Trinajstić information content (AvgIpc) is 2.86. The number of carboxylic acid groups (broad SMARTS) is 1. The molecular weight excluding hydrogens is 476 g/mol. The summed E-state index contributed by atoms with van der Waals surface area (Å²) < 4.78 is 5.99. The van der Waals surface area contributed by atoms with Crippen molar-refractivity contribution in [3.05, 3.63) is 88.5 Å². The molecule has 0 fully saturated rings. The Kier molecular flexibility index (Phi) is 7.14. The third-order valence-electron chi connectivity index (χ3n) is 5.60. The van der Waals surface area contributed by atoms with Gasteiger partial charge in [0.2, 0.25) is 0 Å². The Hall–Kier alpha value is -4.80. The summed E-state index contributed by atoms with van der Waals surface area (Å²) >= 11 is 0. The smallest absolute Gasteiger partial charge is 0.408 e. The van der Waals surface area contributed by atoms with Gasteiger partial charge in [-0.25, -0.2) is 14.8 Å². The first kappa shape index (κ1) is 25.3. The average molecular weight is 503 g/mol. The number of ether oxygens (including phenoxy) is 1. The number of nitrogens with one attached hydrogen (secondary N) is 1. The van der Waals surface area contributed by atoms with Crippen molar-refractivity contribution in [1.29, 1.82) is 0 Å². The van der Waals surface area contributed by atoms with Gasteiger partial charge >= 0.3 is 6.09 Å². The molecule has 0 saturated carbocycles. The van der Waals surface area contributed by atoms with E-state index in [2.05, 4.69) is 20.3 Å². The van der Waals surface area contributed by atoms with E-state index < -0.39 is 16.6 Å². The van der Waals surface area contributed by atoms with Gasteiger partial charge in [-0.3, -0.25) is 20.0 Å². The number of benzene rings is 2. The Morgan fingerprint density at radius 1 is 1.05 bits per heavy atom. The number of non-ortho nitro benzene ring substituents is 1. The van der Waals surface area contributed by atoms with Gasteiger partial charge < -0.3 is 15.2 Å². The number of carbonyl (C=O) groups is 1. The second-order valence-electron chi connectivity index (χ2n) is 9.28. The standard InChI is InChI=1S/C26H26N6O5/c1-26(2,3)31(25(33)34)15-18-13-29-24(14-28-18)30-23-12-17(10-11-27-23)16-37-22-9-8-21(32(35)36)19-6-4-5-7-20(19)22/h4-14H,15-16H2,1-3H3,(H,33,34)(H,27,29,30). The molecule has 0 aliphatic carbocycles. The number of nitrogens with zero attached hydrogens (tertiary/aromatic N) is 5. The summed E-state index contributed by atoms with van der Waals surface area (Å²) in [4.78, 5) is 36.7. The highest BCUT2D eigenvalue weighted by atomic mass is 16.6. The van der Waals surface area contributed by atoms with Gasteiger partial charge in [0, 0.05) is 23.2 Å². The molecule has 0 aliphatic rings. The first-order valence-corrected chi connectivity index (χ1v) is 11.4. The molecule has 4 rings (SSSR count). The number of anilines is 2. The van der Waals surface area contributed by atoms with Gasteiger partial charge in [0.1, 0.15) is 24.0 Å². The summed E-state index contributed by atoms with van der Waals surface area (Å²) in [5.74, 6) is 1.52. The van der Waals surface area contributed by atoms with Crippen LogP contribution in [0.3, 0.4) is 0 Å². The molecule has 11 nitrogen and oxygen atoms in total. The zero-order valence-electron chi connectivity index (χ0n) is 20.6. The van der Waals surface area contributed by atoms with E-state index >= 15 is 0 Å². The van der Waals surface area contributed by atoms with E-state index in [1.54, 1.807) is 42.6 Å². The van der Waals surface area contributed by atoms with Crippen LogP contribution in [0.25, 0.3) is 10.8 Å². The number of rotatable bonds is 8. The van der Waals surface area contributed by atoms with Crippen LogP contribution in [0.15, 0.2) is 67.1 Å². The number of fused-ring (bicyclic) bond motifs is 1. The molecule has 2 N–H and O–H groups in total. The number of amides is 1. The van der Waals surface area contributed by atoms with Crippen molar-refractivity contribution in [3.63, 3.8) is 0 Å². The summed E-state index contributed by atoms with van der Waals surface area (Å²) in [6.07, 6.45) is 3.65. The first-order valence-electron chi connectivity index (χ1n) is 11.4. The molecule has 4 aromatic rings. The van der Waals surface area contributed by atoms with Gasteiger partial charge in [0.15, 0.2) is 0 Å². The van der Waals surface area contributed by atoms with Crippen LogP contribution in [0.2, 0.25) is 0 Å². The van der Waals surface area contributed by atoms with Crippen LogP contribution in [0, 0.1) is 10.1 Å². The number of nitro benzene ring substituents is 1. The van der Waals surface area contributed by atoms with Crippen LogP contribution in [0.4, 0.5) is 22.1 Å². The Bertz CT molecular complexity index is 1440. The summed E-state index contributed by atoms with van der Waals surface area (Å²) in [7, 11) is 0. The van der Waals surface area contributed by atoms with Crippen molar-refractivity contribution < 1.29 is 19.6 Å². The van der Waals surface area contributed by atoms with E-state index in [1.807, 2.05) is 26.8 Å². The van der Waals surface area contributed by atoms with Gasteiger partial charge in [-0.1, -0.05) is 18.2 Å². The lowest BCUT2D eigenvalue weighted by molar-refractivity contribution is -0.383. The van der Waals surface area contributed by atoms with E-state index in [0.29, 0.717) is 33.9 Å². The maximum Gasteiger partial charge on any atom is 0.408 e. The highest BCUT2D eigenvalue weighted by molar-refractivity contribution is 5.95. The minimum atomic E-state index is -1.03. The SMILES string of the molecule is CC(C)(C)N(Cc1cnc(Nc2cc(COc3ccc([N+](=O)[O-])c4ccccc34)ccn2)cn1)C(=O)O. The van der Waals surface area contributed by atoms with Crippen molar-refractivity contribution in [2.24, 2.45) is 0 Å². The van der Waals surface area contributed by atoms with Crippen molar-refractivity contribution in [3.8, 4) is 5.75 Å². The van der Waals surface area contributed by atoms with Crippen LogP contribution in [-0.2, 0) is 13.2 Å². The lowest BCUT2D eigenvalue weighted by atomic mass is 10.1. The van der Waals surface area contributed by atoms with E-state index in [-0.39, 0.29) is 18.8 Å². The van der Waals surface area contributed by atoms with Crippen LogP contribution in [0.5, 0.6) is 5.75 Å². The molecule has 0 radical (unpaired) electrons. The number of hydrogen-bond acceptors (Lipinski definition) is 8. The third kappa shape index (κ3) is 6.07. The van der Waals surface area contributed by atoms with Gasteiger partial charge in [0.25, 0.3) is 5.69 Å².